The maximum absolute atomic E-state index is 12.6. The fourth-order valence-corrected chi connectivity index (χ4v) is 3.29. The van der Waals surface area contributed by atoms with Crippen LogP contribution in [0.25, 0.3) is 10.9 Å². The van der Waals surface area contributed by atoms with Crippen molar-refractivity contribution >= 4 is 28.7 Å². The quantitative estimate of drug-likeness (QED) is 0.378. The number of hydrogen-bond acceptors (Lipinski definition) is 4. The minimum absolute atomic E-state index is 0.0535. The minimum Gasteiger partial charge on any atom is -0.454 e. The predicted octanol–water partition coefficient (Wildman–Crippen LogP) is 3.98. The lowest BCUT2D eigenvalue weighted by molar-refractivity contribution is 0.0475. The molecule has 0 spiro atoms. The van der Waals surface area contributed by atoms with E-state index in [1.165, 1.54) is 0 Å². The zero-order valence-corrected chi connectivity index (χ0v) is 18.0. The van der Waals surface area contributed by atoms with Crippen molar-refractivity contribution in [1.82, 2.24) is 15.6 Å². The van der Waals surface area contributed by atoms with E-state index in [4.69, 9.17) is 4.74 Å². The number of benzene rings is 2. The molecule has 2 amide bonds. The molecule has 0 aliphatic heterocycles. The van der Waals surface area contributed by atoms with E-state index in [9.17, 15) is 14.4 Å². The lowest BCUT2D eigenvalue weighted by Gasteiger charge is -2.10. The van der Waals surface area contributed by atoms with Gasteiger partial charge in [0.1, 0.15) is 0 Å². The van der Waals surface area contributed by atoms with Crippen LogP contribution in [0.2, 0.25) is 0 Å². The molecule has 7 nitrogen and oxygen atoms in total. The Bertz CT molecular complexity index is 1080. The number of esters is 1. The van der Waals surface area contributed by atoms with E-state index in [1.54, 1.807) is 30.5 Å². The summed E-state index contributed by atoms with van der Waals surface area (Å²) in [7, 11) is 0. The number of Topliss-reactive ketones (excluding diaryl/α,β-unsaturated/α-hetero) is 1. The van der Waals surface area contributed by atoms with Crippen LogP contribution in [0.15, 0.2) is 48.7 Å². The molecule has 0 saturated carbocycles. The number of carbonyl (C=O) groups excluding carboxylic acids is 3. The molecule has 3 rings (SSSR count). The SMILES string of the molecule is CCc1cccc2c(C(=O)COC(=O)c3ccc(CNC(=O)NC(C)C)cc3)c[nH]c12. The average molecular weight is 421 g/mol. The molecule has 2 aromatic carbocycles. The number of urea groups is 1. The van der Waals surface area contributed by atoms with Crippen LogP contribution < -0.4 is 10.6 Å². The van der Waals surface area contributed by atoms with Crippen LogP contribution in [0, 0.1) is 0 Å². The number of amides is 2. The number of hydrogen-bond donors (Lipinski definition) is 3. The van der Waals surface area contributed by atoms with Crippen molar-refractivity contribution in [3.63, 3.8) is 0 Å². The number of aryl methyl sites for hydroxylation is 1. The van der Waals surface area contributed by atoms with E-state index in [2.05, 4.69) is 22.5 Å². The Morgan fingerprint density at radius 3 is 2.48 bits per heavy atom. The van der Waals surface area contributed by atoms with Gasteiger partial charge in [0.05, 0.1) is 5.56 Å². The van der Waals surface area contributed by atoms with Crippen molar-refractivity contribution in [2.45, 2.75) is 39.8 Å². The predicted molar refractivity (Wildman–Crippen MR) is 119 cm³/mol. The number of carbonyl (C=O) groups is 3. The molecular formula is C24H27N3O4. The number of ketones is 1. The number of aromatic nitrogens is 1. The van der Waals surface area contributed by atoms with E-state index < -0.39 is 5.97 Å². The van der Waals surface area contributed by atoms with Gasteiger partial charge in [-0.05, 0) is 43.5 Å². The summed E-state index contributed by atoms with van der Waals surface area (Å²) in [6.45, 7) is 5.82. The normalized spacial score (nSPS) is 10.8. The van der Waals surface area contributed by atoms with E-state index in [0.29, 0.717) is 17.7 Å². The van der Waals surface area contributed by atoms with Gasteiger partial charge in [-0.25, -0.2) is 9.59 Å². The molecule has 31 heavy (non-hydrogen) atoms. The molecule has 1 aromatic heterocycles. The lowest BCUT2D eigenvalue weighted by Crippen LogP contribution is -2.39. The fraction of sp³-hybridized carbons (Fsp3) is 0.292. The lowest BCUT2D eigenvalue weighted by atomic mass is 10.1. The van der Waals surface area contributed by atoms with Crippen molar-refractivity contribution in [2.24, 2.45) is 0 Å². The van der Waals surface area contributed by atoms with Gasteiger partial charge in [-0.15, -0.1) is 0 Å². The molecule has 0 aliphatic carbocycles. The summed E-state index contributed by atoms with van der Waals surface area (Å²) in [6.07, 6.45) is 2.52. The van der Waals surface area contributed by atoms with Gasteiger partial charge in [0, 0.05) is 35.2 Å². The molecular weight excluding hydrogens is 394 g/mol. The topological polar surface area (TPSA) is 100 Å². The summed E-state index contributed by atoms with van der Waals surface area (Å²) in [5, 5.41) is 6.32. The van der Waals surface area contributed by atoms with Gasteiger partial charge in [-0.3, -0.25) is 4.79 Å². The Morgan fingerprint density at radius 1 is 1.06 bits per heavy atom. The second-order valence-corrected chi connectivity index (χ2v) is 7.57. The fourth-order valence-electron chi connectivity index (χ4n) is 3.29. The highest BCUT2D eigenvalue weighted by molar-refractivity contribution is 6.09. The third-order valence-electron chi connectivity index (χ3n) is 4.88. The Labute approximate surface area is 181 Å². The first-order valence-electron chi connectivity index (χ1n) is 10.3. The monoisotopic (exact) mass is 421 g/mol. The minimum atomic E-state index is -0.570. The number of fused-ring (bicyclic) bond motifs is 1. The maximum Gasteiger partial charge on any atom is 0.338 e. The summed E-state index contributed by atoms with van der Waals surface area (Å²) >= 11 is 0. The van der Waals surface area contributed by atoms with Crippen molar-refractivity contribution in [3.8, 4) is 0 Å². The molecule has 3 aromatic rings. The molecule has 1 heterocycles. The Hall–Kier alpha value is -3.61. The van der Waals surface area contributed by atoms with Crippen molar-refractivity contribution in [3.05, 3.63) is 70.9 Å². The van der Waals surface area contributed by atoms with Crippen molar-refractivity contribution < 1.29 is 19.1 Å². The zero-order valence-electron chi connectivity index (χ0n) is 18.0. The summed E-state index contributed by atoms with van der Waals surface area (Å²) in [5.74, 6) is -0.829. The first-order valence-corrected chi connectivity index (χ1v) is 10.3. The number of nitrogens with one attached hydrogen (secondary N) is 3. The van der Waals surface area contributed by atoms with Gasteiger partial charge < -0.3 is 20.4 Å². The first kappa shape index (κ1) is 22.1. The second kappa shape index (κ2) is 9.93. The highest BCUT2D eigenvalue weighted by Gasteiger charge is 2.16. The van der Waals surface area contributed by atoms with E-state index >= 15 is 0 Å². The van der Waals surface area contributed by atoms with Crippen LogP contribution in [-0.4, -0.2) is 35.4 Å². The smallest absolute Gasteiger partial charge is 0.338 e. The average Bonchev–Trinajstić information content (AvgIpc) is 3.20. The van der Waals surface area contributed by atoms with Crippen LogP contribution in [0.3, 0.4) is 0 Å². The molecule has 162 valence electrons. The van der Waals surface area contributed by atoms with E-state index in [1.807, 2.05) is 32.0 Å². The molecule has 7 heteroatoms. The van der Waals surface area contributed by atoms with Crippen LogP contribution in [0.1, 0.15) is 52.6 Å². The highest BCUT2D eigenvalue weighted by atomic mass is 16.5. The van der Waals surface area contributed by atoms with Gasteiger partial charge in [0.2, 0.25) is 5.78 Å². The second-order valence-electron chi connectivity index (χ2n) is 7.57. The number of rotatable bonds is 8. The van der Waals surface area contributed by atoms with Crippen molar-refractivity contribution in [2.75, 3.05) is 6.61 Å². The largest absolute Gasteiger partial charge is 0.454 e. The highest BCUT2D eigenvalue weighted by Crippen LogP contribution is 2.22. The van der Waals surface area contributed by atoms with Gasteiger partial charge in [-0.1, -0.05) is 37.3 Å². The standard InChI is InChI=1S/C24H27N3O4/c1-4-17-6-5-7-19-20(13-25-22(17)19)21(28)14-31-23(29)18-10-8-16(9-11-18)12-26-24(30)27-15(2)3/h5-11,13,15,25H,4,12,14H2,1-3H3,(H2,26,27,30). The van der Waals surface area contributed by atoms with Crippen LogP contribution in [-0.2, 0) is 17.7 Å². The summed E-state index contributed by atoms with van der Waals surface area (Å²) in [4.78, 5) is 39.7. The zero-order chi connectivity index (χ0) is 22.4. The molecule has 3 N–H and O–H groups in total. The molecule has 0 radical (unpaired) electrons. The molecule has 0 aliphatic rings. The molecule has 0 fully saturated rings. The Balaban J connectivity index is 1.56. The van der Waals surface area contributed by atoms with E-state index in [0.717, 1.165) is 28.5 Å². The van der Waals surface area contributed by atoms with Gasteiger partial charge in [0.15, 0.2) is 6.61 Å². The number of aromatic amines is 1. The summed E-state index contributed by atoms with van der Waals surface area (Å²) < 4.78 is 5.22. The first-order chi connectivity index (χ1) is 14.9. The summed E-state index contributed by atoms with van der Waals surface area (Å²) in [5.41, 5.74) is 3.77. The number of para-hydroxylation sites is 1. The number of H-pyrrole nitrogens is 1. The molecule has 0 unspecified atom stereocenters. The van der Waals surface area contributed by atoms with Gasteiger partial charge >= 0.3 is 12.0 Å². The van der Waals surface area contributed by atoms with Crippen LogP contribution in [0.5, 0.6) is 0 Å². The van der Waals surface area contributed by atoms with Crippen LogP contribution in [0.4, 0.5) is 4.79 Å². The Kier molecular flexibility index (Phi) is 7.07. The van der Waals surface area contributed by atoms with E-state index in [-0.39, 0.29) is 24.5 Å². The maximum atomic E-state index is 12.6. The van der Waals surface area contributed by atoms with Gasteiger partial charge in [0.25, 0.3) is 0 Å². The molecule has 0 bridgehead atoms. The summed E-state index contributed by atoms with van der Waals surface area (Å²) in [6, 6.07) is 12.3. The van der Waals surface area contributed by atoms with Gasteiger partial charge in [-0.2, -0.15) is 0 Å². The Morgan fingerprint density at radius 2 is 1.81 bits per heavy atom. The molecule has 0 atom stereocenters. The third-order valence-corrected chi connectivity index (χ3v) is 4.88. The third kappa shape index (κ3) is 5.51. The van der Waals surface area contributed by atoms with Crippen molar-refractivity contribution in [1.29, 1.82) is 0 Å². The van der Waals surface area contributed by atoms with Crippen LogP contribution >= 0.6 is 0 Å². The molecule has 0 saturated heterocycles. The number of ether oxygens (including phenoxy) is 1.